The summed E-state index contributed by atoms with van der Waals surface area (Å²) in [6, 6.07) is 25.5. The number of fused-ring (bicyclic) bond motifs is 5. The zero-order valence-electron chi connectivity index (χ0n) is 18.5. The van der Waals surface area contributed by atoms with Gasteiger partial charge in [0.25, 0.3) is 0 Å². The van der Waals surface area contributed by atoms with E-state index in [1.165, 1.54) is 12.0 Å². The molecule has 1 heterocycles. The van der Waals surface area contributed by atoms with Gasteiger partial charge < -0.3 is 4.74 Å². The van der Waals surface area contributed by atoms with Crippen molar-refractivity contribution < 1.29 is 14.3 Å². The highest BCUT2D eigenvalue weighted by Gasteiger charge is 2.62. The number of allylic oxidation sites excluding steroid dienone is 3. The minimum Gasteiger partial charge on any atom is -0.495 e. The van der Waals surface area contributed by atoms with Gasteiger partial charge in [-0.25, -0.2) is 4.90 Å². The van der Waals surface area contributed by atoms with Gasteiger partial charge >= 0.3 is 0 Å². The molecule has 3 aromatic rings. The number of hydrogen-bond acceptors (Lipinski definition) is 3. The lowest BCUT2D eigenvalue weighted by atomic mass is 9.85. The first kappa shape index (κ1) is 20.9. The Labute approximate surface area is 203 Å². The smallest absolute Gasteiger partial charge is 0.238 e. The predicted octanol–water partition coefficient (Wildman–Crippen LogP) is 5.77. The molecule has 2 amide bonds. The third-order valence-corrected chi connectivity index (χ3v) is 7.45. The first-order valence-corrected chi connectivity index (χ1v) is 11.7. The van der Waals surface area contributed by atoms with Crippen molar-refractivity contribution in [3.63, 3.8) is 0 Å². The molecule has 2 aliphatic carbocycles. The van der Waals surface area contributed by atoms with Crippen molar-refractivity contribution >= 4 is 34.7 Å². The number of anilines is 1. The van der Waals surface area contributed by atoms with E-state index < -0.39 is 11.8 Å². The molecule has 6 rings (SSSR count). The third-order valence-electron chi connectivity index (χ3n) is 7.21. The van der Waals surface area contributed by atoms with Gasteiger partial charge in [0.2, 0.25) is 11.8 Å². The lowest BCUT2D eigenvalue weighted by Crippen LogP contribution is -2.33. The summed E-state index contributed by atoms with van der Waals surface area (Å²) in [5, 5.41) is 0.450. The zero-order valence-corrected chi connectivity index (χ0v) is 19.3. The second kappa shape index (κ2) is 8.00. The number of halogens is 1. The average molecular weight is 468 g/mol. The topological polar surface area (TPSA) is 46.6 Å². The summed E-state index contributed by atoms with van der Waals surface area (Å²) in [5.41, 5.74) is 4.87. The molecule has 0 unspecified atom stereocenters. The van der Waals surface area contributed by atoms with Gasteiger partial charge in [-0.2, -0.15) is 0 Å². The molecule has 1 saturated carbocycles. The highest BCUT2D eigenvalue weighted by atomic mass is 35.5. The maximum absolute atomic E-state index is 13.8. The molecule has 34 heavy (non-hydrogen) atoms. The molecule has 0 radical (unpaired) electrons. The van der Waals surface area contributed by atoms with Crippen LogP contribution in [0.3, 0.4) is 0 Å². The summed E-state index contributed by atoms with van der Waals surface area (Å²) in [7, 11) is 1.52. The molecule has 168 valence electrons. The molecule has 3 aromatic carbocycles. The predicted molar refractivity (Wildman–Crippen MR) is 133 cm³/mol. The highest BCUT2D eigenvalue weighted by molar-refractivity contribution is 6.31. The fourth-order valence-electron chi connectivity index (χ4n) is 5.88. The van der Waals surface area contributed by atoms with Gasteiger partial charge in [0, 0.05) is 16.9 Å². The van der Waals surface area contributed by atoms with Crippen molar-refractivity contribution in [1.82, 2.24) is 0 Å². The number of hydrogen-bond donors (Lipinski definition) is 0. The molecule has 2 bridgehead atoms. The van der Waals surface area contributed by atoms with E-state index in [-0.39, 0.29) is 23.7 Å². The number of carbonyl (C=O) groups excluding carboxylic acids is 2. The second-order valence-corrected chi connectivity index (χ2v) is 9.31. The summed E-state index contributed by atoms with van der Waals surface area (Å²) >= 11 is 6.21. The van der Waals surface area contributed by atoms with Crippen LogP contribution in [0.5, 0.6) is 5.75 Å². The minimum absolute atomic E-state index is 0.128. The van der Waals surface area contributed by atoms with Crippen LogP contribution in [0.2, 0.25) is 5.02 Å². The minimum atomic E-state index is -0.427. The zero-order chi connectivity index (χ0) is 23.4. The molecule has 4 nitrogen and oxygen atoms in total. The van der Waals surface area contributed by atoms with Gasteiger partial charge in [0.05, 0.1) is 24.6 Å². The second-order valence-electron chi connectivity index (χ2n) is 8.88. The van der Waals surface area contributed by atoms with Crippen LogP contribution in [0.4, 0.5) is 5.69 Å². The van der Waals surface area contributed by atoms with Crippen LogP contribution < -0.4 is 9.64 Å². The van der Waals surface area contributed by atoms with Crippen molar-refractivity contribution in [3.05, 3.63) is 113 Å². The van der Waals surface area contributed by atoms with E-state index in [4.69, 9.17) is 16.3 Å². The van der Waals surface area contributed by atoms with Crippen LogP contribution in [0.1, 0.15) is 11.1 Å². The van der Waals surface area contributed by atoms with Crippen LogP contribution in [-0.4, -0.2) is 18.9 Å². The van der Waals surface area contributed by atoms with Gasteiger partial charge in [0.15, 0.2) is 0 Å². The summed E-state index contributed by atoms with van der Waals surface area (Å²) < 4.78 is 5.45. The molecule has 5 heteroatoms. The van der Waals surface area contributed by atoms with Gasteiger partial charge in [-0.15, -0.1) is 0 Å². The Hall–Kier alpha value is -3.63. The first-order chi connectivity index (χ1) is 16.6. The summed E-state index contributed by atoms with van der Waals surface area (Å²) in [5.74, 6) is -1.03. The first-order valence-electron chi connectivity index (χ1n) is 11.3. The monoisotopic (exact) mass is 467 g/mol. The molecule has 0 spiro atoms. The van der Waals surface area contributed by atoms with E-state index in [0.29, 0.717) is 16.5 Å². The van der Waals surface area contributed by atoms with E-state index in [1.807, 2.05) is 36.4 Å². The van der Waals surface area contributed by atoms with E-state index in [9.17, 15) is 9.59 Å². The largest absolute Gasteiger partial charge is 0.495 e. The molecule has 0 aromatic heterocycles. The SMILES string of the molecule is COc1ccc(Cl)cc1N1C(=O)[C@@H]2[C@H](C1=O)[C@@H]1C=C[C@@H]2C1=C(c1ccccc1)c1ccccc1. The number of carbonyl (C=O) groups is 2. The molecular weight excluding hydrogens is 446 g/mol. The lowest BCUT2D eigenvalue weighted by molar-refractivity contribution is -0.123. The average Bonchev–Trinajstić information content (AvgIpc) is 3.50. The third kappa shape index (κ3) is 2.99. The fraction of sp³-hybridized carbons (Fsp3) is 0.172. The Morgan fingerprint density at radius 2 is 1.32 bits per heavy atom. The Morgan fingerprint density at radius 1 is 0.794 bits per heavy atom. The number of nitrogens with zero attached hydrogens (tertiary/aromatic N) is 1. The molecule has 4 atom stereocenters. The molecule has 2 fully saturated rings. The summed E-state index contributed by atoms with van der Waals surface area (Å²) in [4.78, 5) is 28.8. The number of amides is 2. The van der Waals surface area contributed by atoms with Crippen LogP contribution in [-0.2, 0) is 9.59 Å². The Morgan fingerprint density at radius 3 is 1.82 bits per heavy atom. The van der Waals surface area contributed by atoms with Crippen LogP contribution in [0.15, 0.2) is 96.6 Å². The van der Waals surface area contributed by atoms with Crippen molar-refractivity contribution in [2.45, 2.75) is 0 Å². The van der Waals surface area contributed by atoms with Gasteiger partial charge in [-0.1, -0.05) is 84.4 Å². The molecule has 0 N–H and O–H groups in total. The number of ether oxygens (including phenoxy) is 1. The Bertz CT molecular complexity index is 1290. The lowest BCUT2D eigenvalue weighted by Gasteiger charge is -2.22. The van der Waals surface area contributed by atoms with E-state index in [0.717, 1.165) is 22.3 Å². The number of imide groups is 1. The van der Waals surface area contributed by atoms with Crippen LogP contribution >= 0.6 is 11.6 Å². The maximum atomic E-state index is 13.8. The Kier molecular flexibility index (Phi) is 4.93. The van der Waals surface area contributed by atoms with E-state index >= 15 is 0 Å². The summed E-state index contributed by atoms with van der Waals surface area (Å²) in [6.07, 6.45) is 4.22. The van der Waals surface area contributed by atoms with Crippen molar-refractivity contribution in [3.8, 4) is 5.75 Å². The molecule has 1 aliphatic heterocycles. The number of rotatable bonds is 4. The normalized spacial score (nSPS) is 24.6. The quantitative estimate of drug-likeness (QED) is 0.361. The van der Waals surface area contributed by atoms with Gasteiger partial charge in [-0.05, 0) is 40.5 Å². The Balaban J connectivity index is 1.49. The standard InChI is InChI=1S/C29H22ClNO3/c1-34-23-15-12-19(30)16-22(23)31-28(32)26-20-13-14-21(27(26)29(31)33)25(20)24(17-8-4-2-5-9-17)18-10-6-3-7-11-18/h2-16,20-21,26-27H,1H3/t20-,21-,26-,27+/m1/s1. The number of methoxy groups -OCH3 is 1. The van der Waals surface area contributed by atoms with Crippen molar-refractivity contribution in [2.24, 2.45) is 23.7 Å². The molecule has 1 saturated heterocycles. The fourth-order valence-corrected chi connectivity index (χ4v) is 6.05. The highest BCUT2D eigenvalue weighted by Crippen LogP contribution is 2.59. The molecular formula is C29H22ClNO3. The summed E-state index contributed by atoms with van der Waals surface area (Å²) in [6.45, 7) is 0. The maximum Gasteiger partial charge on any atom is 0.238 e. The van der Waals surface area contributed by atoms with Crippen LogP contribution in [0.25, 0.3) is 5.57 Å². The van der Waals surface area contributed by atoms with E-state index in [1.54, 1.807) is 18.2 Å². The van der Waals surface area contributed by atoms with Gasteiger partial charge in [-0.3, -0.25) is 9.59 Å². The van der Waals surface area contributed by atoms with Gasteiger partial charge in [0.1, 0.15) is 5.75 Å². The van der Waals surface area contributed by atoms with Crippen molar-refractivity contribution in [1.29, 1.82) is 0 Å². The number of benzene rings is 3. The molecule has 3 aliphatic rings. The van der Waals surface area contributed by atoms with E-state index in [2.05, 4.69) is 36.4 Å². The van der Waals surface area contributed by atoms with Crippen LogP contribution in [0, 0.1) is 23.7 Å². The van der Waals surface area contributed by atoms with Crippen molar-refractivity contribution in [2.75, 3.05) is 12.0 Å².